The van der Waals surface area contributed by atoms with E-state index in [9.17, 15) is 0 Å². The second-order valence-corrected chi connectivity index (χ2v) is 6.00. The Morgan fingerprint density at radius 1 is 1.14 bits per heavy atom. The molecule has 0 saturated carbocycles. The molecule has 3 rings (SSSR count). The molecule has 1 atom stereocenters. The zero-order chi connectivity index (χ0) is 14.9. The van der Waals surface area contributed by atoms with Crippen molar-refractivity contribution < 1.29 is 4.74 Å². The zero-order valence-corrected chi connectivity index (χ0v) is 12.7. The summed E-state index contributed by atoms with van der Waals surface area (Å²) in [5.74, 6) is 0.906. The van der Waals surface area contributed by atoms with Gasteiger partial charge in [0.25, 0.3) is 0 Å². The summed E-state index contributed by atoms with van der Waals surface area (Å²) in [6.07, 6.45) is 5.89. The monoisotopic (exact) mass is 282 g/mol. The van der Waals surface area contributed by atoms with Crippen molar-refractivity contribution >= 4 is 16.8 Å². The number of hydrogen-bond acceptors (Lipinski definition) is 3. The molecule has 21 heavy (non-hydrogen) atoms. The fraction of sp³-hybridized carbons (Fsp3) is 0.333. The van der Waals surface area contributed by atoms with Crippen molar-refractivity contribution in [2.24, 2.45) is 5.73 Å². The fourth-order valence-corrected chi connectivity index (χ4v) is 2.77. The Morgan fingerprint density at radius 3 is 2.76 bits per heavy atom. The van der Waals surface area contributed by atoms with Gasteiger partial charge in [-0.25, -0.2) is 0 Å². The molecule has 0 aliphatic carbocycles. The molecule has 0 radical (unpaired) electrons. The van der Waals surface area contributed by atoms with Crippen LogP contribution in [-0.2, 0) is 0 Å². The summed E-state index contributed by atoms with van der Waals surface area (Å²) < 4.78 is 6.19. The lowest BCUT2D eigenvalue weighted by Gasteiger charge is -2.32. The molecule has 2 N–H and O–H groups in total. The van der Waals surface area contributed by atoms with E-state index in [-0.39, 0.29) is 0 Å². The third-order valence-corrected chi connectivity index (χ3v) is 3.92. The SMILES string of the molecule is CN(C)CCCC1(N)C=Cc2ccc3ccccc3c2O1. The van der Waals surface area contributed by atoms with E-state index in [1.165, 1.54) is 5.39 Å². The molecule has 110 valence electrons. The summed E-state index contributed by atoms with van der Waals surface area (Å²) in [7, 11) is 4.15. The van der Waals surface area contributed by atoms with Crippen molar-refractivity contribution in [2.45, 2.75) is 18.6 Å². The lowest BCUT2D eigenvalue weighted by atomic mass is 9.98. The normalized spacial score (nSPS) is 20.6. The first kappa shape index (κ1) is 14.1. The largest absolute Gasteiger partial charge is 0.468 e. The molecule has 1 heterocycles. The van der Waals surface area contributed by atoms with Gasteiger partial charge in [-0.3, -0.25) is 5.73 Å². The van der Waals surface area contributed by atoms with Gasteiger partial charge in [-0.1, -0.05) is 36.4 Å². The minimum Gasteiger partial charge on any atom is -0.468 e. The summed E-state index contributed by atoms with van der Waals surface area (Å²) in [5.41, 5.74) is 6.82. The van der Waals surface area contributed by atoms with E-state index in [0.717, 1.165) is 36.1 Å². The summed E-state index contributed by atoms with van der Waals surface area (Å²) in [4.78, 5) is 2.17. The van der Waals surface area contributed by atoms with Crippen molar-refractivity contribution in [2.75, 3.05) is 20.6 Å². The highest BCUT2D eigenvalue weighted by molar-refractivity contribution is 5.92. The third kappa shape index (κ3) is 2.94. The Balaban J connectivity index is 1.88. The average molecular weight is 282 g/mol. The molecule has 1 aliphatic rings. The number of hydrogen-bond donors (Lipinski definition) is 1. The Morgan fingerprint density at radius 2 is 1.95 bits per heavy atom. The number of nitrogens with zero attached hydrogens (tertiary/aromatic N) is 1. The first-order valence-electron chi connectivity index (χ1n) is 7.41. The van der Waals surface area contributed by atoms with Crippen LogP contribution >= 0.6 is 0 Å². The van der Waals surface area contributed by atoms with Gasteiger partial charge in [0.05, 0.1) is 0 Å². The number of rotatable bonds is 4. The first-order chi connectivity index (χ1) is 10.1. The average Bonchev–Trinajstić information content (AvgIpc) is 2.46. The number of benzene rings is 2. The smallest absolute Gasteiger partial charge is 0.178 e. The van der Waals surface area contributed by atoms with Gasteiger partial charge in [0, 0.05) is 17.4 Å². The molecule has 0 spiro atoms. The zero-order valence-electron chi connectivity index (χ0n) is 12.7. The maximum Gasteiger partial charge on any atom is 0.178 e. The summed E-state index contributed by atoms with van der Waals surface area (Å²) in [5, 5.41) is 2.31. The van der Waals surface area contributed by atoms with Gasteiger partial charge in [0.15, 0.2) is 5.72 Å². The Hall–Kier alpha value is -1.84. The van der Waals surface area contributed by atoms with E-state index >= 15 is 0 Å². The van der Waals surface area contributed by atoms with Crippen molar-refractivity contribution in [1.29, 1.82) is 0 Å². The highest BCUT2D eigenvalue weighted by atomic mass is 16.5. The molecule has 3 nitrogen and oxygen atoms in total. The van der Waals surface area contributed by atoms with Crippen LogP contribution < -0.4 is 10.5 Å². The van der Waals surface area contributed by atoms with Gasteiger partial charge >= 0.3 is 0 Å². The predicted molar refractivity (Wildman–Crippen MR) is 88.3 cm³/mol. The number of fused-ring (bicyclic) bond motifs is 3. The van der Waals surface area contributed by atoms with Crippen LogP contribution in [0.25, 0.3) is 16.8 Å². The van der Waals surface area contributed by atoms with Gasteiger partial charge < -0.3 is 9.64 Å². The molecule has 0 bridgehead atoms. The van der Waals surface area contributed by atoms with E-state index < -0.39 is 5.72 Å². The van der Waals surface area contributed by atoms with Crippen LogP contribution in [0.1, 0.15) is 18.4 Å². The van der Waals surface area contributed by atoms with Crippen LogP contribution in [0, 0.1) is 0 Å². The molecule has 3 heteroatoms. The molecular weight excluding hydrogens is 260 g/mol. The van der Waals surface area contributed by atoms with Gasteiger partial charge in [0.1, 0.15) is 5.75 Å². The first-order valence-corrected chi connectivity index (χ1v) is 7.41. The molecule has 0 saturated heterocycles. The van der Waals surface area contributed by atoms with E-state index in [1.807, 2.05) is 18.2 Å². The second-order valence-electron chi connectivity index (χ2n) is 6.00. The minimum absolute atomic E-state index is 0.701. The molecule has 2 aromatic carbocycles. The van der Waals surface area contributed by atoms with Crippen LogP contribution in [0.5, 0.6) is 5.75 Å². The maximum absolute atomic E-state index is 6.42. The third-order valence-electron chi connectivity index (χ3n) is 3.92. The van der Waals surface area contributed by atoms with Crippen LogP contribution in [0.3, 0.4) is 0 Å². The van der Waals surface area contributed by atoms with Gasteiger partial charge in [0.2, 0.25) is 0 Å². The topological polar surface area (TPSA) is 38.5 Å². The summed E-state index contributed by atoms with van der Waals surface area (Å²) in [6, 6.07) is 12.5. The molecule has 2 aromatic rings. The second kappa shape index (κ2) is 5.51. The molecule has 1 unspecified atom stereocenters. The van der Waals surface area contributed by atoms with E-state index in [2.05, 4.69) is 49.3 Å². The Bertz CT molecular complexity index is 678. The standard InChI is InChI=1S/C18H22N2O/c1-20(2)13-5-11-18(19)12-10-15-9-8-14-6-3-4-7-16(14)17(15)21-18/h3-4,6-10,12H,5,11,13,19H2,1-2H3. The van der Waals surface area contributed by atoms with Crippen molar-refractivity contribution in [3.63, 3.8) is 0 Å². The molecule has 0 amide bonds. The molecule has 0 fully saturated rings. The lowest BCUT2D eigenvalue weighted by molar-refractivity contribution is 0.111. The highest BCUT2D eigenvalue weighted by Gasteiger charge is 2.28. The Labute approximate surface area is 126 Å². The van der Waals surface area contributed by atoms with E-state index in [1.54, 1.807) is 0 Å². The van der Waals surface area contributed by atoms with Crippen LogP contribution in [0.15, 0.2) is 42.5 Å². The number of ether oxygens (including phenoxy) is 1. The van der Waals surface area contributed by atoms with Gasteiger partial charge in [-0.05, 0) is 44.6 Å². The molecule has 1 aliphatic heterocycles. The molecule has 0 aromatic heterocycles. The van der Waals surface area contributed by atoms with Crippen LogP contribution in [0.2, 0.25) is 0 Å². The quantitative estimate of drug-likeness (QED) is 0.935. The van der Waals surface area contributed by atoms with Gasteiger partial charge in [-0.2, -0.15) is 0 Å². The number of nitrogens with two attached hydrogens (primary N) is 1. The fourth-order valence-electron chi connectivity index (χ4n) is 2.77. The van der Waals surface area contributed by atoms with Gasteiger partial charge in [-0.15, -0.1) is 0 Å². The Kier molecular flexibility index (Phi) is 3.70. The van der Waals surface area contributed by atoms with Crippen molar-refractivity contribution in [3.05, 3.63) is 48.0 Å². The van der Waals surface area contributed by atoms with Crippen LogP contribution in [-0.4, -0.2) is 31.3 Å². The van der Waals surface area contributed by atoms with E-state index in [0.29, 0.717) is 0 Å². The maximum atomic E-state index is 6.42. The van der Waals surface area contributed by atoms with Crippen LogP contribution in [0.4, 0.5) is 0 Å². The van der Waals surface area contributed by atoms with Crippen molar-refractivity contribution in [3.8, 4) is 5.75 Å². The molecular formula is C18H22N2O. The predicted octanol–water partition coefficient (Wildman–Crippen LogP) is 3.24. The lowest BCUT2D eigenvalue weighted by Crippen LogP contribution is -2.45. The summed E-state index contributed by atoms with van der Waals surface area (Å²) >= 11 is 0. The minimum atomic E-state index is -0.701. The summed E-state index contributed by atoms with van der Waals surface area (Å²) in [6.45, 7) is 1.01. The van der Waals surface area contributed by atoms with Crippen molar-refractivity contribution in [1.82, 2.24) is 4.90 Å². The highest BCUT2D eigenvalue weighted by Crippen LogP contribution is 2.37. The van der Waals surface area contributed by atoms with E-state index in [4.69, 9.17) is 10.5 Å².